The van der Waals surface area contributed by atoms with E-state index in [-0.39, 0.29) is 11.7 Å². The molecule has 0 aliphatic rings. The number of nitrogens with one attached hydrogen (secondary N) is 1. The fourth-order valence-corrected chi connectivity index (χ4v) is 2.21. The number of hydrogen-bond acceptors (Lipinski definition) is 6. The minimum atomic E-state index is 0.00598. The lowest BCUT2D eigenvalue weighted by molar-refractivity contribution is 1.22. The first-order chi connectivity index (χ1) is 11.1. The number of fused-ring (bicyclic) bond motifs is 1. The van der Waals surface area contributed by atoms with Crippen LogP contribution in [0, 0.1) is 5.41 Å². The summed E-state index contributed by atoms with van der Waals surface area (Å²) in [5, 5.41) is 17.3. The number of anilines is 2. The SMILES string of the molecule is N=C(N)c1ccc(/N=N/c2c(N)nc(N)c3ccccc23)cc1. The van der Waals surface area contributed by atoms with Crippen molar-refractivity contribution in [1.29, 1.82) is 5.41 Å². The maximum absolute atomic E-state index is 7.37. The van der Waals surface area contributed by atoms with Gasteiger partial charge in [0.1, 0.15) is 17.3 Å². The summed E-state index contributed by atoms with van der Waals surface area (Å²) < 4.78 is 0. The molecule has 1 aromatic heterocycles. The fraction of sp³-hybridized carbons (Fsp3) is 0. The molecule has 1 heterocycles. The first kappa shape index (κ1) is 14.5. The number of benzene rings is 2. The van der Waals surface area contributed by atoms with E-state index in [9.17, 15) is 0 Å². The number of nitrogens with zero attached hydrogens (tertiary/aromatic N) is 3. The smallest absolute Gasteiger partial charge is 0.154 e. The number of aromatic nitrogens is 1. The molecule has 7 heteroatoms. The highest BCUT2D eigenvalue weighted by Crippen LogP contribution is 2.34. The number of pyridine rings is 1. The minimum absolute atomic E-state index is 0.00598. The third kappa shape index (κ3) is 2.80. The molecular weight excluding hydrogens is 290 g/mol. The van der Waals surface area contributed by atoms with Crippen molar-refractivity contribution in [3.63, 3.8) is 0 Å². The Balaban J connectivity index is 2.02. The Morgan fingerprint density at radius 2 is 1.52 bits per heavy atom. The number of nitrogen functional groups attached to an aromatic ring is 3. The third-order valence-corrected chi connectivity index (χ3v) is 3.39. The topological polar surface area (TPSA) is 140 Å². The van der Waals surface area contributed by atoms with Gasteiger partial charge < -0.3 is 17.2 Å². The Morgan fingerprint density at radius 1 is 0.870 bits per heavy atom. The molecule has 0 fully saturated rings. The maximum atomic E-state index is 7.37. The van der Waals surface area contributed by atoms with Gasteiger partial charge in [0, 0.05) is 16.3 Å². The molecule has 3 aromatic rings. The van der Waals surface area contributed by atoms with Gasteiger partial charge in [0.2, 0.25) is 0 Å². The van der Waals surface area contributed by atoms with E-state index in [1.807, 2.05) is 24.3 Å². The standard InChI is InChI=1S/C16H15N7/c17-14(18)9-5-7-10(8-6-9)22-23-13-11-3-1-2-4-12(11)15(19)21-16(13)20/h1-8H,(H3,17,18)(H4,19,20,21)/b23-22+. The quantitative estimate of drug-likeness (QED) is 0.335. The lowest BCUT2D eigenvalue weighted by atomic mass is 10.1. The average Bonchev–Trinajstić information content (AvgIpc) is 2.55. The normalized spacial score (nSPS) is 11.1. The number of azo groups is 1. The maximum Gasteiger partial charge on any atom is 0.154 e. The molecule has 23 heavy (non-hydrogen) atoms. The molecule has 3 rings (SSSR count). The molecule has 0 amide bonds. The van der Waals surface area contributed by atoms with Crippen LogP contribution in [-0.4, -0.2) is 10.8 Å². The predicted octanol–water partition coefficient (Wildman–Crippen LogP) is 3.10. The first-order valence-corrected chi connectivity index (χ1v) is 6.86. The van der Waals surface area contributed by atoms with Crippen LogP contribution in [0.3, 0.4) is 0 Å². The van der Waals surface area contributed by atoms with Crippen LogP contribution in [0.1, 0.15) is 5.56 Å². The van der Waals surface area contributed by atoms with Gasteiger partial charge >= 0.3 is 0 Å². The van der Waals surface area contributed by atoms with Crippen molar-refractivity contribution in [2.75, 3.05) is 11.5 Å². The van der Waals surface area contributed by atoms with Crippen LogP contribution < -0.4 is 17.2 Å². The summed E-state index contributed by atoms with van der Waals surface area (Å²) in [5.41, 5.74) is 19.0. The van der Waals surface area contributed by atoms with Gasteiger partial charge in [-0.25, -0.2) is 4.98 Å². The summed E-state index contributed by atoms with van der Waals surface area (Å²) in [6.45, 7) is 0. The summed E-state index contributed by atoms with van der Waals surface area (Å²) in [6.07, 6.45) is 0. The molecule has 7 nitrogen and oxygen atoms in total. The van der Waals surface area contributed by atoms with Crippen LogP contribution in [0.5, 0.6) is 0 Å². The van der Waals surface area contributed by atoms with E-state index < -0.39 is 0 Å². The third-order valence-electron chi connectivity index (χ3n) is 3.39. The van der Waals surface area contributed by atoms with E-state index >= 15 is 0 Å². The summed E-state index contributed by atoms with van der Waals surface area (Å²) in [4.78, 5) is 4.11. The zero-order valence-electron chi connectivity index (χ0n) is 12.2. The average molecular weight is 305 g/mol. The second-order valence-electron chi connectivity index (χ2n) is 4.94. The molecular formula is C16H15N7. The van der Waals surface area contributed by atoms with Gasteiger partial charge in [0.25, 0.3) is 0 Å². The summed E-state index contributed by atoms with van der Waals surface area (Å²) in [5.74, 6) is 0.597. The van der Waals surface area contributed by atoms with Crippen molar-refractivity contribution in [1.82, 2.24) is 4.98 Å². The molecule has 0 spiro atoms. The first-order valence-electron chi connectivity index (χ1n) is 6.86. The fourth-order valence-electron chi connectivity index (χ4n) is 2.21. The molecule has 0 unspecified atom stereocenters. The van der Waals surface area contributed by atoms with Crippen molar-refractivity contribution in [2.24, 2.45) is 16.0 Å². The van der Waals surface area contributed by atoms with Crippen LogP contribution in [0.15, 0.2) is 58.8 Å². The Bertz CT molecular complexity index is 914. The molecule has 0 saturated carbocycles. The summed E-state index contributed by atoms with van der Waals surface area (Å²) >= 11 is 0. The minimum Gasteiger partial charge on any atom is -0.384 e. The van der Waals surface area contributed by atoms with E-state index in [4.69, 9.17) is 22.6 Å². The van der Waals surface area contributed by atoms with Crippen molar-refractivity contribution in [3.05, 3.63) is 54.1 Å². The Kier molecular flexibility index (Phi) is 3.60. The van der Waals surface area contributed by atoms with Crippen molar-refractivity contribution in [2.45, 2.75) is 0 Å². The second kappa shape index (κ2) is 5.72. The van der Waals surface area contributed by atoms with Crippen LogP contribution in [0.4, 0.5) is 23.0 Å². The van der Waals surface area contributed by atoms with Crippen molar-refractivity contribution in [3.8, 4) is 0 Å². The molecule has 2 aromatic carbocycles. The van der Waals surface area contributed by atoms with Gasteiger partial charge in [-0.1, -0.05) is 24.3 Å². The highest BCUT2D eigenvalue weighted by molar-refractivity contribution is 6.02. The summed E-state index contributed by atoms with van der Waals surface area (Å²) in [7, 11) is 0. The zero-order chi connectivity index (χ0) is 16.4. The zero-order valence-corrected chi connectivity index (χ0v) is 12.2. The Labute approximate surface area is 132 Å². The van der Waals surface area contributed by atoms with Gasteiger partial charge in [-0.05, 0) is 24.3 Å². The predicted molar refractivity (Wildman–Crippen MR) is 92.2 cm³/mol. The van der Waals surface area contributed by atoms with Crippen LogP contribution >= 0.6 is 0 Å². The van der Waals surface area contributed by atoms with Crippen LogP contribution in [0.2, 0.25) is 0 Å². The van der Waals surface area contributed by atoms with Gasteiger partial charge in [0.05, 0.1) is 5.69 Å². The highest BCUT2D eigenvalue weighted by atomic mass is 15.1. The number of nitrogens with two attached hydrogens (primary N) is 3. The molecule has 0 aliphatic carbocycles. The van der Waals surface area contributed by atoms with Crippen molar-refractivity contribution < 1.29 is 0 Å². The van der Waals surface area contributed by atoms with E-state index in [2.05, 4.69) is 15.2 Å². The largest absolute Gasteiger partial charge is 0.384 e. The van der Waals surface area contributed by atoms with Gasteiger partial charge in [-0.3, -0.25) is 5.41 Å². The van der Waals surface area contributed by atoms with Crippen LogP contribution in [-0.2, 0) is 0 Å². The Morgan fingerprint density at radius 3 is 2.17 bits per heavy atom. The van der Waals surface area contributed by atoms with Crippen molar-refractivity contribution >= 4 is 39.6 Å². The van der Waals surface area contributed by atoms with Gasteiger partial charge in [0.15, 0.2) is 5.82 Å². The van der Waals surface area contributed by atoms with Gasteiger partial charge in [-0.15, -0.1) is 5.11 Å². The lowest BCUT2D eigenvalue weighted by Gasteiger charge is -2.06. The highest BCUT2D eigenvalue weighted by Gasteiger charge is 2.09. The number of hydrogen-bond donors (Lipinski definition) is 4. The monoisotopic (exact) mass is 305 g/mol. The van der Waals surface area contributed by atoms with E-state index in [0.29, 0.717) is 22.8 Å². The van der Waals surface area contributed by atoms with E-state index in [1.54, 1.807) is 24.3 Å². The summed E-state index contributed by atoms with van der Waals surface area (Å²) in [6, 6.07) is 14.3. The van der Waals surface area contributed by atoms with Crippen LogP contribution in [0.25, 0.3) is 10.8 Å². The lowest BCUT2D eigenvalue weighted by Crippen LogP contribution is -2.10. The van der Waals surface area contributed by atoms with E-state index in [1.165, 1.54) is 0 Å². The van der Waals surface area contributed by atoms with E-state index in [0.717, 1.165) is 10.8 Å². The molecule has 0 atom stereocenters. The number of rotatable bonds is 3. The molecule has 7 N–H and O–H groups in total. The molecule has 114 valence electrons. The molecule has 0 bridgehead atoms. The van der Waals surface area contributed by atoms with Gasteiger partial charge in [-0.2, -0.15) is 5.11 Å². The Hall–Kier alpha value is -3.48. The second-order valence-corrected chi connectivity index (χ2v) is 4.94. The number of amidine groups is 1. The molecule has 0 radical (unpaired) electrons. The molecule has 0 saturated heterocycles. The molecule has 0 aliphatic heterocycles.